The second kappa shape index (κ2) is 7.99. The molecule has 3 aromatic rings. The summed E-state index contributed by atoms with van der Waals surface area (Å²) in [6, 6.07) is 18.9. The Hall–Kier alpha value is -2.59. The third kappa shape index (κ3) is 4.48. The zero-order valence-electron chi connectivity index (χ0n) is 14.0. The lowest BCUT2D eigenvalue weighted by atomic mass is 10.1. The SMILES string of the molecule is CN(CCCc1cc(-c2ccccc2)no1)C(=O)c1cccc(Cl)c1. The molecule has 0 spiro atoms. The van der Waals surface area contributed by atoms with Crippen LogP contribution in [0.5, 0.6) is 0 Å². The van der Waals surface area contributed by atoms with Crippen LogP contribution in [0.4, 0.5) is 0 Å². The van der Waals surface area contributed by atoms with E-state index in [-0.39, 0.29) is 5.91 Å². The molecule has 0 bridgehead atoms. The van der Waals surface area contributed by atoms with E-state index in [1.165, 1.54) is 0 Å². The number of rotatable bonds is 6. The maximum absolute atomic E-state index is 12.4. The first-order valence-electron chi connectivity index (χ1n) is 8.15. The number of amides is 1. The molecule has 1 aromatic heterocycles. The molecule has 0 aliphatic heterocycles. The molecule has 1 amide bonds. The zero-order chi connectivity index (χ0) is 17.6. The van der Waals surface area contributed by atoms with Gasteiger partial charge in [-0.05, 0) is 24.6 Å². The van der Waals surface area contributed by atoms with Crippen molar-refractivity contribution in [1.82, 2.24) is 10.1 Å². The summed E-state index contributed by atoms with van der Waals surface area (Å²) >= 11 is 5.94. The van der Waals surface area contributed by atoms with Crippen molar-refractivity contribution in [2.24, 2.45) is 0 Å². The van der Waals surface area contributed by atoms with Gasteiger partial charge in [0.15, 0.2) is 0 Å². The maximum Gasteiger partial charge on any atom is 0.253 e. The number of carbonyl (C=O) groups is 1. The summed E-state index contributed by atoms with van der Waals surface area (Å²) in [7, 11) is 1.79. The monoisotopic (exact) mass is 354 g/mol. The van der Waals surface area contributed by atoms with Crippen molar-refractivity contribution in [2.75, 3.05) is 13.6 Å². The highest BCUT2D eigenvalue weighted by atomic mass is 35.5. The molecular weight excluding hydrogens is 336 g/mol. The van der Waals surface area contributed by atoms with Crippen molar-refractivity contribution in [3.05, 3.63) is 77.0 Å². The highest BCUT2D eigenvalue weighted by Crippen LogP contribution is 2.19. The van der Waals surface area contributed by atoms with Gasteiger partial charge >= 0.3 is 0 Å². The van der Waals surface area contributed by atoms with Crippen LogP contribution in [0.15, 0.2) is 65.2 Å². The number of aryl methyl sites for hydroxylation is 1. The molecule has 128 valence electrons. The summed E-state index contributed by atoms with van der Waals surface area (Å²) in [6.45, 7) is 0.632. The van der Waals surface area contributed by atoms with E-state index in [0.717, 1.165) is 29.9 Å². The average Bonchev–Trinajstić information content (AvgIpc) is 3.10. The van der Waals surface area contributed by atoms with Gasteiger partial charge in [0.25, 0.3) is 5.91 Å². The lowest BCUT2D eigenvalue weighted by Gasteiger charge is -2.16. The molecular formula is C20H19ClN2O2. The van der Waals surface area contributed by atoms with Gasteiger partial charge in [-0.15, -0.1) is 0 Å². The fraction of sp³-hybridized carbons (Fsp3) is 0.200. The lowest BCUT2D eigenvalue weighted by molar-refractivity contribution is 0.0793. The summed E-state index contributed by atoms with van der Waals surface area (Å²) in [5, 5.41) is 4.67. The summed E-state index contributed by atoms with van der Waals surface area (Å²) < 4.78 is 5.39. The smallest absolute Gasteiger partial charge is 0.253 e. The largest absolute Gasteiger partial charge is 0.361 e. The van der Waals surface area contributed by atoms with Gasteiger partial charge in [-0.25, -0.2) is 0 Å². The van der Waals surface area contributed by atoms with E-state index in [0.29, 0.717) is 17.1 Å². The van der Waals surface area contributed by atoms with Crippen molar-refractivity contribution in [3.8, 4) is 11.3 Å². The third-order valence-electron chi connectivity index (χ3n) is 3.96. The number of aromatic nitrogens is 1. The molecule has 4 nitrogen and oxygen atoms in total. The molecule has 0 unspecified atom stereocenters. The minimum atomic E-state index is -0.0370. The Labute approximate surface area is 152 Å². The van der Waals surface area contributed by atoms with Crippen LogP contribution < -0.4 is 0 Å². The van der Waals surface area contributed by atoms with E-state index in [2.05, 4.69) is 5.16 Å². The normalized spacial score (nSPS) is 10.6. The van der Waals surface area contributed by atoms with Crippen LogP contribution in [-0.2, 0) is 6.42 Å². The first-order chi connectivity index (χ1) is 12.1. The van der Waals surface area contributed by atoms with Crippen molar-refractivity contribution in [2.45, 2.75) is 12.8 Å². The van der Waals surface area contributed by atoms with Gasteiger partial charge in [-0.2, -0.15) is 0 Å². The number of halogens is 1. The van der Waals surface area contributed by atoms with Crippen molar-refractivity contribution in [3.63, 3.8) is 0 Å². The van der Waals surface area contributed by atoms with E-state index >= 15 is 0 Å². The molecule has 25 heavy (non-hydrogen) atoms. The van der Waals surface area contributed by atoms with E-state index in [1.54, 1.807) is 36.2 Å². The van der Waals surface area contributed by atoms with Gasteiger partial charge in [-0.3, -0.25) is 4.79 Å². The van der Waals surface area contributed by atoms with Crippen LogP contribution in [0, 0.1) is 0 Å². The Morgan fingerprint density at radius 1 is 1.12 bits per heavy atom. The van der Waals surface area contributed by atoms with Crippen LogP contribution in [0.1, 0.15) is 22.5 Å². The predicted octanol–water partition coefficient (Wildman–Crippen LogP) is 4.70. The Kier molecular flexibility index (Phi) is 5.51. The molecule has 0 saturated heterocycles. The number of benzene rings is 2. The quantitative estimate of drug-likeness (QED) is 0.644. The molecule has 2 aromatic carbocycles. The molecule has 0 fully saturated rings. The fourth-order valence-electron chi connectivity index (χ4n) is 2.61. The first-order valence-corrected chi connectivity index (χ1v) is 8.53. The minimum Gasteiger partial charge on any atom is -0.361 e. The van der Waals surface area contributed by atoms with Gasteiger partial charge in [0.1, 0.15) is 11.5 Å². The van der Waals surface area contributed by atoms with Crippen molar-refractivity contribution < 1.29 is 9.32 Å². The summed E-state index contributed by atoms with van der Waals surface area (Å²) in [4.78, 5) is 14.1. The van der Waals surface area contributed by atoms with Gasteiger partial charge in [0, 0.05) is 42.2 Å². The number of nitrogens with zero attached hydrogens (tertiary/aromatic N) is 2. The summed E-state index contributed by atoms with van der Waals surface area (Å²) in [6.07, 6.45) is 1.53. The van der Waals surface area contributed by atoms with Crippen LogP contribution in [-0.4, -0.2) is 29.6 Å². The van der Waals surface area contributed by atoms with Crippen LogP contribution >= 0.6 is 11.6 Å². The molecule has 0 radical (unpaired) electrons. The Bertz CT molecular complexity index is 846. The molecule has 0 saturated carbocycles. The molecule has 0 atom stereocenters. The van der Waals surface area contributed by atoms with Crippen molar-refractivity contribution >= 4 is 17.5 Å². The highest BCUT2D eigenvalue weighted by molar-refractivity contribution is 6.30. The summed E-state index contributed by atoms with van der Waals surface area (Å²) in [5.41, 5.74) is 2.46. The third-order valence-corrected chi connectivity index (χ3v) is 4.20. The van der Waals surface area contributed by atoms with Gasteiger partial charge in [0.2, 0.25) is 0 Å². The Morgan fingerprint density at radius 3 is 2.68 bits per heavy atom. The van der Waals surface area contributed by atoms with Crippen LogP contribution in [0.2, 0.25) is 5.02 Å². The van der Waals surface area contributed by atoms with E-state index in [1.807, 2.05) is 36.4 Å². The number of hydrogen-bond acceptors (Lipinski definition) is 3. The van der Waals surface area contributed by atoms with Gasteiger partial charge in [0.05, 0.1) is 0 Å². The Balaban J connectivity index is 1.53. The van der Waals surface area contributed by atoms with E-state index in [9.17, 15) is 4.79 Å². The van der Waals surface area contributed by atoms with Crippen LogP contribution in [0.3, 0.4) is 0 Å². The highest BCUT2D eigenvalue weighted by Gasteiger charge is 2.12. The van der Waals surface area contributed by atoms with E-state index in [4.69, 9.17) is 16.1 Å². The van der Waals surface area contributed by atoms with Crippen molar-refractivity contribution in [1.29, 1.82) is 0 Å². The topological polar surface area (TPSA) is 46.3 Å². The maximum atomic E-state index is 12.4. The standard InChI is InChI=1S/C20H19ClN2O2/c1-23(20(24)16-9-5-10-17(21)13-16)12-6-11-18-14-19(22-25-18)15-7-3-2-4-8-15/h2-5,7-10,13-14H,6,11-12H2,1H3. The molecule has 1 heterocycles. The second-order valence-corrected chi connectivity index (χ2v) is 6.32. The van der Waals surface area contributed by atoms with Crippen LogP contribution in [0.25, 0.3) is 11.3 Å². The fourth-order valence-corrected chi connectivity index (χ4v) is 2.80. The Morgan fingerprint density at radius 2 is 1.92 bits per heavy atom. The molecule has 3 rings (SSSR count). The minimum absolute atomic E-state index is 0.0370. The average molecular weight is 355 g/mol. The summed E-state index contributed by atoms with van der Waals surface area (Å²) in [5.74, 6) is 0.785. The molecule has 5 heteroatoms. The predicted molar refractivity (Wildman–Crippen MR) is 98.7 cm³/mol. The number of carbonyl (C=O) groups excluding carboxylic acids is 1. The zero-order valence-corrected chi connectivity index (χ0v) is 14.7. The first kappa shape index (κ1) is 17.2. The molecule has 0 aliphatic carbocycles. The van der Waals surface area contributed by atoms with Gasteiger partial charge in [-0.1, -0.05) is 53.2 Å². The lowest BCUT2D eigenvalue weighted by Crippen LogP contribution is -2.27. The molecule has 0 N–H and O–H groups in total. The second-order valence-electron chi connectivity index (χ2n) is 5.89. The molecule has 0 aliphatic rings. The van der Waals surface area contributed by atoms with Gasteiger partial charge < -0.3 is 9.42 Å². The van der Waals surface area contributed by atoms with E-state index < -0.39 is 0 Å². The number of hydrogen-bond donors (Lipinski definition) is 0.